The molecule has 3 fully saturated rings. The third-order valence-corrected chi connectivity index (χ3v) is 12.1. The number of carbonyl (C=O) groups excluding carboxylic acids is 4. The molecule has 5 aliphatic rings. The Balaban J connectivity index is 1.21. The molecule has 0 radical (unpaired) electrons. The van der Waals surface area contributed by atoms with Gasteiger partial charge in [-0.3, -0.25) is 24.6 Å². The minimum atomic E-state index is -1.63. The number of hydrogen-bond acceptors (Lipinski definition) is 9. The van der Waals surface area contributed by atoms with Crippen LogP contribution in [-0.4, -0.2) is 49.9 Å². The lowest BCUT2D eigenvalue weighted by atomic mass is 9.48. The van der Waals surface area contributed by atoms with Crippen LogP contribution in [0.2, 0.25) is 5.02 Å². The number of carboxylic acids is 1. The fourth-order valence-corrected chi connectivity index (χ4v) is 9.69. The molecule has 2 saturated heterocycles. The van der Waals surface area contributed by atoms with Gasteiger partial charge < -0.3 is 20.1 Å². The number of hydrazine groups is 1. The van der Waals surface area contributed by atoms with E-state index >= 15 is 4.79 Å². The van der Waals surface area contributed by atoms with Crippen molar-refractivity contribution in [1.29, 1.82) is 0 Å². The fraction of sp³-hybridized carbons (Fsp3) is 0.214. The fourth-order valence-electron chi connectivity index (χ4n) is 9.57. The highest BCUT2D eigenvalue weighted by Crippen LogP contribution is 2.63. The second-order valence-electron chi connectivity index (χ2n) is 14.7. The summed E-state index contributed by atoms with van der Waals surface area (Å²) in [5.41, 5.74) is 3.52. The van der Waals surface area contributed by atoms with E-state index in [9.17, 15) is 38.9 Å². The lowest BCUT2D eigenvalue weighted by Gasteiger charge is -2.51. The summed E-state index contributed by atoms with van der Waals surface area (Å²) >= 11 is 6.37. The maximum atomic E-state index is 15.4. The number of halogens is 2. The second kappa shape index (κ2) is 12.8. The minimum Gasteiger partial charge on any atom is -0.508 e. The van der Waals surface area contributed by atoms with Crippen LogP contribution in [0.3, 0.4) is 0 Å². The van der Waals surface area contributed by atoms with Crippen molar-refractivity contribution in [2.24, 2.45) is 29.6 Å². The average Bonchev–Trinajstić information content (AvgIpc) is 3.56. The van der Waals surface area contributed by atoms with E-state index < -0.39 is 81.7 Å². The van der Waals surface area contributed by atoms with Crippen LogP contribution >= 0.6 is 11.6 Å². The molecule has 1 saturated carbocycles. The third kappa shape index (κ3) is 5.14. The molecule has 6 atom stereocenters. The summed E-state index contributed by atoms with van der Waals surface area (Å²) in [6.45, 7) is 0. The van der Waals surface area contributed by atoms with Crippen LogP contribution in [-0.2, 0) is 31.0 Å². The molecule has 4 aromatic rings. The van der Waals surface area contributed by atoms with Gasteiger partial charge in [0.05, 0.1) is 40.8 Å². The van der Waals surface area contributed by atoms with E-state index in [1.165, 1.54) is 36.4 Å². The normalized spacial score (nSPS) is 26.4. The lowest BCUT2D eigenvalue weighted by molar-refractivity contribution is -0.139. The van der Waals surface area contributed by atoms with Gasteiger partial charge in [-0.05, 0) is 96.6 Å². The minimum absolute atomic E-state index is 0.000454. The molecule has 4 aromatic carbocycles. The number of phenols is 2. The summed E-state index contributed by atoms with van der Waals surface area (Å²) < 4.78 is 20.1. The number of aromatic carboxylic acids is 1. The molecule has 12 nitrogen and oxygen atoms in total. The molecule has 4 amide bonds. The van der Waals surface area contributed by atoms with Crippen LogP contribution in [0.4, 0.5) is 15.8 Å². The van der Waals surface area contributed by atoms with Crippen LogP contribution in [0.5, 0.6) is 17.2 Å². The quantitative estimate of drug-likeness (QED) is 0.132. The smallest absolute Gasteiger partial charge is 0.339 e. The van der Waals surface area contributed by atoms with Crippen LogP contribution in [0.1, 0.15) is 34.3 Å². The third-order valence-electron chi connectivity index (χ3n) is 11.9. The zero-order valence-electron chi connectivity index (χ0n) is 29.2. The molecular formula is C42H31ClFN3O9. The largest absolute Gasteiger partial charge is 0.508 e. The van der Waals surface area contributed by atoms with E-state index in [2.05, 4.69) is 5.43 Å². The Bertz CT molecular complexity index is 2470. The Hall–Kier alpha value is -6.47. The van der Waals surface area contributed by atoms with Gasteiger partial charge in [0.15, 0.2) is 0 Å². The molecular weight excluding hydrogens is 745 g/mol. The second-order valence-corrected chi connectivity index (χ2v) is 15.1. The van der Waals surface area contributed by atoms with Crippen LogP contribution in [0.25, 0.3) is 0 Å². The van der Waals surface area contributed by atoms with E-state index in [4.69, 9.17) is 16.3 Å². The van der Waals surface area contributed by atoms with Crippen molar-refractivity contribution in [2.75, 3.05) is 10.3 Å². The van der Waals surface area contributed by atoms with Crippen molar-refractivity contribution >= 4 is 52.6 Å². The number of amides is 4. The predicted molar refractivity (Wildman–Crippen MR) is 198 cm³/mol. The highest BCUT2D eigenvalue weighted by atomic mass is 35.5. The molecule has 9 rings (SSSR count). The van der Waals surface area contributed by atoms with Crippen molar-refractivity contribution in [3.05, 3.63) is 136 Å². The summed E-state index contributed by atoms with van der Waals surface area (Å²) in [5, 5.41) is 31.7. The number of carboxylic acid groups (broad SMARTS) is 1. The van der Waals surface area contributed by atoms with Crippen LogP contribution in [0.15, 0.2) is 108 Å². The van der Waals surface area contributed by atoms with Crippen LogP contribution < -0.4 is 15.1 Å². The predicted octanol–water partition coefficient (Wildman–Crippen LogP) is 6.13. The Morgan fingerprint density at radius 3 is 2.36 bits per heavy atom. The number of ether oxygens (including phenoxy) is 1. The first-order chi connectivity index (χ1) is 26.9. The molecule has 3 aliphatic heterocycles. The van der Waals surface area contributed by atoms with Crippen molar-refractivity contribution in [2.45, 2.75) is 24.7 Å². The number of carbonyl (C=O) groups is 5. The van der Waals surface area contributed by atoms with Crippen molar-refractivity contribution in [1.82, 2.24) is 5.01 Å². The first-order valence-corrected chi connectivity index (χ1v) is 18.2. The van der Waals surface area contributed by atoms with Crippen LogP contribution in [0, 0.1) is 35.4 Å². The number of hydrogen-bond donors (Lipinski definition) is 4. The van der Waals surface area contributed by atoms with Gasteiger partial charge >= 0.3 is 5.97 Å². The Morgan fingerprint density at radius 2 is 1.64 bits per heavy atom. The lowest BCUT2D eigenvalue weighted by Crippen LogP contribution is -2.55. The first kappa shape index (κ1) is 35.2. The average molecular weight is 776 g/mol. The molecule has 0 spiro atoms. The molecule has 4 N–H and O–H groups in total. The molecule has 0 aromatic heterocycles. The summed E-state index contributed by atoms with van der Waals surface area (Å²) in [5.74, 6) is -8.91. The topological polar surface area (TPSA) is 174 Å². The number of imide groups is 2. The number of nitrogens with zero attached hydrogens (tertiary/aromatic N) is 2. The Morgan fingerprint density at radius 1 is 0.893 bits per heavy atom. The highest BCUT2D eigenvalue weighted by Gasteiger charge is 2.70. The zero-order chi connectivity index (χ0) is 39.2. The van der Waals surface area contributed by atoms with Gasteiger partial charge in [-0.25, -0.2) is 14.1 Å². The maximum absolute atomic E-state index is 15.4. The number of anilines is 2. The van der Waals surface area contributed by atoms with Gasteiger partial charge in [-0.2, -0.15) is 5.01 Å². The van der Waals surface area contributed by atoms with Gasteiger partial charge in [0, 0.05) is 29.0 Å². The summed E-state index contributed by atoms with van der Waals surface area (Å²) in [4.78, 5) is 71.4. The highest BCUT2D eigenvalue weighted by molar-refractivity contribution is 6.30. The maximum Gasteiger partial charge on any atom is 0.339 e. The van der Waals surface area contributed by atoms with Gasteiger partial charge in [0.25, 0.3) is 11.8 Å². The van der Waals surface area contributed by atoms with Gasteiger partial charge in [-0.15, -0.1) is 0 Å². The molecule has 2 aliphatic carbocycles. The van der Waals surface area contributed by atoms with Crippen molar-refractivity contribution in [3.63, 3.8) is 0 Å². The number of benzene rings is 4. The molecule has 0 bridgehead atoms. The number of aromatic hydroxyl groups is 2. The number of nitrogens with one attached hydrogen (secondary N) is 1. The molecule has 14 heteroatoms. The van der Waals surface area contributed by atoms with E-state index in [0.717, 1.165) is 22.0 Å². The molecule has 6 unspecified atom stereocenters. The Kier molecular flexibility index (Phi) is 8.06. The summed E-state index contributed by atoms with van der Waals surface area (Å²) in [6, 6.07) is 20.0. The van der Waals surface area contributed by atoms with E-state index in [-0.39, 0.29) is 36.4 Å². The zero-order valence-corrected chi connectivity index (χ0v) is 29.9. The van der Waals surface area contributed by atoms with Crippen molar-refractivity contribution < 1.29 is 48.4 Å². The molecule has 282 valence electrons. The standard InChI is InChI=1S/C42H31ClFN3O9/c43-23-3-1-22(2-4-23)42-32(38(51)47(41(42)55)45-25-7-5-24(44)6-8-25)18-31-28(36(42)21-15-20-16-27(48)10-14-34(20)56-19-21)12-13-30-35(31)39(52)46(37(30)50)26-9-11-29(40(53)54)33(49)17-26/h1-12,14,16-17,19,30-32,35-36,45,48-49H,13,15,18H2,(H,53,54). The monoisotopic (exact) mass is 775 g/mol. The van der Waals surface area contributed by atoms with Gasteiger partial charge in [0.2, 0.25) is 11.8 Å². The Labute approximate surface area is 323 Å². The molecule has 56 heavy (non-hydrogen) atoms. The first-order valence-electron chi connectivity index (χ1n) is 17.9. The van der Waals surface area contributed by atoms with Crippen molar-refractivity contribution in [3.8, 4) is 17.2 Å². The van der Waals surface area contributed by atoms with E-state index in [1.54, 1.807) is 42.7 Å². The molecule has 3 heterocycles. The van der Waals surface area contributed by atoms with Gasteiger partial charge in [0.1, 0.15) is 28.6 Å². The number of allylic oxidation sites excluding steroid dienone is 3. The number of fused-ring (bicyclic) bond motifs is 5. The number of phenolic OH excluding ortho intramolecular Hbond substituents is 1. The summed E-state index contributed by atoms with van der Waals surface area (Å²) in [6.07, 6.45) is 3.72. The summed E-state index contributed by atoms with van der Waals surface area (Å²) in [7, 11) is 0. The SMILES string of the molecule is O=C(O)c1ccc(N2C(=O)C3CC=C4C(CC5C(=O)N(Nc6ccc(F)cc6)C(=O)C5(c5ccc(Cl)cc5)C4C4=COc5ccc(O)cc5C4)C3C2=O)cc1O. The number of rotatable bonds is 6. The van der Waals surface area contributed by atoms with Gasteiger partial charge in [-0.1, -0.05) is 35.4 Å². The van der Waals surface area contributed by atoms with E-state index in [1.807, 2.05) is 6.08 Å². The van der Waals surface area contributed by atoms with E-state index in [0.29, 0.717) is 33.0 Å².